The van der Waals surface area contributed by atoms with Crippen LogP contribution in [0.3, 0.4) is 0 Å². The maximum Gasteiger partial charge on any atom is 0 e. The topological polar surface area (TPSA) is 0 Å². The normalized spacial score (nSPS) is 0. The third-order valence-corrected chi connectivity index (χ3v) is 0. The Bertz CT molecular complexity index is 3.25. The van der Waals surface area contributed by atoms with E-state index in [1.807, 2.05) is 0 Å². The van der Waals surface area contributed by atoms with Crippen LogP contribution in [0.25, 0.3) is 0 Å². The van der Waals surface area contributed by atoms with Gasteiger partial charge < -0.3 is 0 Å². The molecule has 0 nitrogen and oxygen atoms in total. The summed E-state index contributed by atoms with van der Waals surface area (Å²) in [5.41, 5.74) is 0. The van der Waals surface area contributed by atoms with Crippen LogP contribution >= 0.6 is 0 Å². The van der Waals surface area contributed by atoms with E-state index in [0.717, 1.165) is 0 Å². The molecule has 0 bridgehead atoms. The molecule has 0 fully saturated rings. The van der Waals surface area contributed by atoms with Gasteiger partial charge in [0.05, 0.1) is 0 Å². The van der Waals surface area contributed by atoms with Gasteiger partial charge in [0, 0.05) is 126 Å². The summed E-state index contributed by atoms with van der Waals surface area (Å²) in [7, 11) is 0. The van der Waals surface area contributed by atoms with Gasteiger partial charge in [0.1, 0.15) is 0 Å². The second-order valence-electron chi connectivity index (χ2n) is 0. The van der Waals surface area contributed by atoms with Crippen LogP contribution < -0.4 is 0 Å². The molecule has 0 N–H and O–H groups in total. The fourth-order valence-corrected chi connectivity index (χ4v) is 0. The van der Waals surface area contributed by atoms with Crippen molar-refractivity contribution in [2.75, 3.05) is 0 Å². The van der Waals surface area contributed by atoms with Gasteiger partial charge >= 0.3 is 0 Å². The molecule has 0 aromatic rings. The minimum Gasteiger partial charge on any atom is 0 e. The van der Waals surface area contributed by atoms with Crippen molar-refractivity contribution >= 4 is 126 Å². The minimum absolute atomic E-state index is 0. The Balaban J connectivity index is 0. The molecule has 0 saturated carbocycles. The van der Waals surface area contributed by atoms with Crippen LogP contribution in [0, 0.1) is 0 Å². The molecule has 0 aliphatic rings. The largest absolute Gasteiger partial charge is 0 e. The fourth-order valence-electron chi connectivity index (χ4n) is 0. The predicted molar refractivity (Wildman–Crippen MR) is 23.0 cm³/mol. The Hall–Kier alpha value is 4.26. The quantitative estimate of drug-likeness (QED) is 0.331. The van der Waals surface area contributed by atoms with Crippen molar-refractivity contribution in [3.05, 3.63) is 0 Å². The molecule has 0 unspecified atom stereocenters. The van der Waals surface area contributed by atoms with Gasteiger partial charge in [0.2, 0.25) is 0 Å². The summed E-state index contributed by atoms with van der Waals surface area (Å²) in [6.07, 6.45) is 0. The molecule has 0 aromatic carbocycles. The molecule has 4 heavy (non-hydrogen) atoms. The summed E-state index contributed by atoms with van der Waals surface area (Å²) in [4.78, 5) is 0. The van der Waals surface area contributed by atoms with E-state index < -0.39 is 0 Å². The second kappa shape index (κ2) is 15.7. The molecule has 0 spiro atoms. The average Bonchev–Trinajstić information content (AvgIpc) is 0. The molecule has 0 aliphatic carbocycles. The molecule has 5 valence electrons. The van der Waals surface area contributed by atoms with E-state index in [1.165, 1.54) is 0 Å². The molecular weight excluding hydrogens is 109 g/mol. The molecule has 4 heteroatoms. The average molecular weight is 109 g/mol. The van der Waals surface area contributed by atoms with Crippen LogP contribution in [0.5, 0.6) is 0 Å². The number of hydrogen-bond acceptors (Lipinski definition) is 0. The van der Waals surface area contributed by atoms with Gasteiger partial charge in [-0.1, -0.05) is 0 Å². The van der Waals surface area contributed by atoms with E-state index in [0.29, 0.717) is 0 Å². The van der Waals surface area contributed by atoms with Crippen LogP contribution in [-0.4, -0.2) is 126 Å². The SMILES string of the molecule is [Ca].[Na].[Na].[Na]. The van der Waals surface area contributed by atoms with Gasteiger partial charge in [-0.2, -0.15) is 0 Å². The van der Waals surface area contributed by atoms with Crippen LogP contribution in [0.2, 0.25) is 0 Å². The molecule has 0 aromatic heterocycles. The first-order valence-electron chi connectivity index (χ1n) is 0. The smallest absolute Gasteiger partial charge is 0 e. The molecule has 0 heterocycles. The van der Waals surface area contributed by atoms with Crippen molar-refractivity contribution < 1.29 is 0 Å². The third-order valence-electron chi connectivity index (χ3n) is 0. The summed E-state index contributed by atoms with van der Waals surface area (Å²) < 4.78 is 0. The Morgan fingerprint density at radius 1 is 0.500 bits per heavy atom. The van der Waals surface area contributed by atoms with Gasteiger partial charge in [-0.15, -0.1) is 0 Å². The van der Waals surface area contributed by atoms with E-state index in [2.05, 4.69) is 0 Å². The van der Waals surface area contributed by atoms with Crippen molar-refractivity contribution in [1.82, 2.24) is 0 Å². The Morgan fingerprint density at radius 2 is 0.500 bits per heavy atom. The molecule has 0 atom stereocenters. The third kappa shape index (κ3) is 9.54. The summed E-state index contributed by atoms with van der Waals surface area (Å²) in [5, 5.41) is 0. The van der Waals surface area contributed by atoms with Gasteiger partial charge in [-0.25, -0.2) is 0 Å². The monoisotopic (exact) mass is 109 g/mol. The van der Waals surface area contributed by atoms with Crippen LogP contribution in [0.15, 0.2) is 0 Å². The zero-order chi connectivity index (χ0) is 0. The van der Waals surface area contributed by atoms with Crippen LogP contribution in [-0.2, 0) is 0 Å². The summed E-state index contributed by atoms with van der Waals surface area (Å²) >= 11 is 0. The van der Waals surface area contributed by atoms with E-state index in [9.17, 15) is 0 Å². The zero-order valence-corrected chi connectivity index (χ0v) is 11.9. The molecule has 0 rings (SSSR count). The maximum atomic E-state index is 0. The van der Waals surface area contributed by atoms with Crippen LogP contribution in [0.1, 0.15) is 0 Å². The Labute approximate surface area is 123 Å². The molecule has 0 aliphatic heterocycles. The Kier molecular flexibility index (Phi) is 94.0. The van der Waals surface area contributed by atoms with E-state index >= 15 is 0 Å². The van der Waals surface area contributed by atoms with Crippen molar-refractivity contribution in [1.29, 1.82) is 0 Å². The number of hydrogen-bond donors (Lipinski definition) is 0. The fraction of sp³-hybridized carbons (Fsp3) is 0. The predicted octanol–water partition coefficient (Wildman–Crippen LogP) is -1.52. The second-order valence-corrected chi connectivity index (χ2v) is 0. The van der Waals surface area contributed by atoms with Crippen molar-refractivity contribution in [2.45, 2.75) is 0 Å². The number of rotatable bonds is 0. The van der Waals surface area contributed by atoms with Gasteiger partial charge in [0.25, 0.3) is 0 Å². The van der Waals surface area contributed by atoms with Gasteiger partial charge in [-0.05, 0) is 0 Å². The zero-order valence-electron chi connectivity index (χ0n) is 3.71. The molecular formula is CaNa3. The summed E-state index contributed by atoms with van der Waals surface area (Å²) in [5.74, 6) is 0. The Morgan fingerprint density at radius 3 is 0.500 bits per heavy atom. The standard InChI is InChI=1S/Ca.3Na. The molecule has 5 radical (unpaired) electrons. The summed E-state index contributed by atoms with van der Waals surface area (Å²) in [6.45, 7) is 0. The van der Waals surface area contributed by atoms with Crippen molar-refractivity contribution in [3.8, 4) is 0 Å². The van der Waals surface area contributed by atoms with E-state index in [4.69, 9.17) is 0 Å². The van der Waals surface area contributed by atoms with Crippen molar-refractivity contribution in [3.63, 3.8) is 0 Å². The molecule has 0 saturated heterocycles. The first-order valence-corrected chi connectivity index (χ1v) is 0. The summed E-state index contributed by atoms with van der Waals surface area (Å²) in [6, 6.07) is 0. The van der Waals surface area contributed by atoms with Gasteiger partial charge in [0.15, 0.2) is 0 Å². The van der Waals surface area contributed by atoms with Crippen molar-refractivity contribution in [2.24, 2.45) is 0 Å². The van der Waals surface area contributed by atoms with E-state index in [1.54, 1.807) is 0 Å². The van der Waals surface area contributed by atoms with Gasteiger partial charge in [-0.3, -0.25) is 0 Å². The van der Waals surface area contributed by atoms with E-state index in [-0.39, 0.29) is 126 Å². The molecule has 0 amide bonds. The first-order chi connectivity index (χ1) is 0. The first kappa shape index (κ1) is 24.0. The maximum absolute atomic E-state index is 0. The minimum atomic E-state index is 0. The van der Waals surface area contributed by atoms with Crippen LogP contribution in [0.4, 0.5) is 0 Å².